The van der Waals surface area contributed by atoms with Gasteiger partial charge in [-0.05, 0) is 52.3 Å². The zero-order valence-electron chi connectivity index (χ0n) is 14.6. The second-order valence-electron chi connectivity index (χ2n) is 7.08. The Bertz CT molecular complexity index is 605. The minimum Gasteiger partial charge on any atom is -0.476 e. The summed E-state index contributed by atoms with van der Waals surface area (Å²) in [5.41, 5.74) is -1.92. The Balaban J connectivity index is 1.98. The molecule has 1 amide bonds. The molecule has 0 aromatic carbocycles. The van der Waals surface area contributed by atoms with Crippen molar-refractivity contribution in [2.24, 2.45) is 5.41 Å². The van der Waals surface area contributed by atoms with E-state index in [2.05, 4.69) is 15.6 Å². The molecular weight excluding hydrogens is 335 g/mol. The number of nitrogens with one attached hydrogen (secondary N) is 2. The first kappa shape index (κ1) is 19.5. The number of hydrogen-bond acceptors (Lipinski definition) is 4. The lowest BCUT2D eigenvalue weighted by molar-refractivity contribution is -0.139. The van der Waals surface area contributed by atoms with E-state index in [4.69, 9.17) is 4.74 Å². The standard InChI is InChI=1S/C17H24F3N3O2/c1-11-9-12(6-8-21-11)23-15(24)16(2,3)10-25-14-13(17(18,19)20)5-4-7-22-14/h4-5,7,11-12,21H,6,8-10H2,1-3H3,(H,23,24)/t11-,12-/m1/s1. The first-order valence-electron chi connectivity index (χ1n) is 8.29. The van der Waals surface area contributed by atoms with Crippen LogP contribution < -0.4 is 15.4 Å². The molecule has 2 atom stereocenters. The van der Waals surface area contributed by atoms with Gasteiger partial charge in [-0.2, -0.15) is 13.2 Å². The maximum absolute atomic E-state index is 13.0. The zero-order chi connectivity index (χ0) is 18.7. The number of aromatic nitrogens is 1. The molecule has 1 aliphatic rings. The highest BCUT2D eigenvalue weighted by Gasteiger charge is 2.37. The monoisotopic (exact) mass is 359 g/mol. The summed E-state index contributed by atoms with van der Waals surface area (Å²) >= 11 is 0. The summed E-state index contributed by atoms with van der Waals surface area (Å²) in [5, 5.41) is 6.27. The summed E-state index contributed by atoms with van der Waals surface area (Å²) in [5.74, 6) is -0.748. The smallest absolute Gasteiger partial charge is 0.421 e. The lowest BCUT2D eigenvalue weighted by Gasteiger charge is -2.32. The molecular formula is C17H24F3N3O2. The molecule has 0 radical (unpaired) electrons. The number of nitrogens with zero attached hydrogens (tertiary/aromatic N) is 1. The molecule has 1 aromatic rings. The van der Waals surface area contributed by atoms with Crippen LogP contribution >= 0.6 is 0 Å². The molecule has 5 nitrogen and oxygen atoms in total. The van der Waals surface area contributed by atoms with Crippen LogP contribution in [-0.4, -0.2) is 36.1 Å². The molecule has 2 N–H and O–H groups in total. The Morgan fingerprint density at radius 2 is 2.16 bits per heavy atom. The van der Waals surface area contributed by atoms with Gasteiger partial charge in [-0.15, -0.1) is 0 Å². The average Bonchev–Trinajstić information content (AvgIpc) is 2.52. The maximum Gasteiger partial charge on any atom is 0.421 e. The summed E-state index contributed by atoms with van der Waals surface area (Å²) in [6, 6.07) is 2.49. The van der Waals surface area contributed by atoms with E-state index in [-0.39, 0.29) is 18.6 Å². The van der Waals surface area contributed by atoms with Crippen molar-refractivity contribution in [3.8, 4) is 5.88 Å². The molecule has 2 rings (SSSR count). The quantitative estimate of drug-likeness (QED) is 0.849. The largest absolute Gasteiger partial charge is 0.476 e. The third-order valence-electron chi connectivity index (χ3n) is 4.22. The van der Waals surface area contributed by atoms with E-state index in [1.165, 1.54) is 12.3 Å². The number of rotatable bonds is 5. The van der Waals surface area contributed by atoms with E-state index < -0.39 is 23.0 Å². The van der Waals surface area contributed by atoms with Crippen LogP contribution in [0.25, 0.3) is 0 Å². The van der Waals surface area contributed by atoms with Gasteiger partial charge < -0.3 is 15.4 Å². The van der Waals surface area contributed by atoms with E-state index >= 15 is 0 Å². The van der Waals surface area contributed by atoms with Crippen molar-refractivity contribution in [1.82, 2.24) is 15.6 Å². The SMILES string of the molecule is C[C@@H]1C[C@H](NC(=O)C(C)(C)COc2ncccc2C(F)(F)F)CCN1. The van der Waals surface area contributed by atoms with Gasteiger partial charge in [0.15, 0.2) is 0 Å². The van der Waals surface area contributed by atoms with Crippen LogP contribution in [0, 0.1) is 5.41 Å². The van der Waals surface area contributed by atoms with Crippen LogP contribution in [0.4, 0.5) is 13.2 Å². The van der Waals surface area contributed by atoms with Crippen LogP contribution in [0.5, 0.6) is 5.88 Å². The highest BCUT2D eigenvalue weighted by atomic mass is 19.4. The number of carbonyl (C=O) groups excluding carboxylic acids is 1. The van der Waals surface area contributed by atoms with E-state index in [1.807, 2.05) is 6.92 Å². The number of halogens is 3. The molecule has 0 spiro atoms. The molecule has 140 valence electrons. The van der Waals surface area contributed by atoms with Crippen molar-refractivity contribution >= 4 is 5.91 Å². The van der Waals surface area contributed by atoms with Crippen molar-refractivity contribution in [1.29, 1.82) is 0 Å². The minimum atomic E-state index is -4.55. The van der Waals surface area contributed by atoms with Gasteiger partial charge in [0.2, 0.25) is 11.8 Å². The van der Waals surface area contributed by atoms with E-state index in [9.17, 15) is 18.0 Å². The van der Waals surface area contributed by atoms with Gasteiger partial charge in [0.05, 0.1) is 5.41 Å². The topological polar surface area (TPSA) is 63.2 Å². The third-order valence-corrected chi connectivity index (χ3v) is 4.22. The summed E-state index contributed by atoms with van der Waals surface area (Å²) in [6.45, 7) is 5.96. The van der Waals surface area contributed by atoms with Gasteiger partial charge in [0.25, 0.3) is 0 Å². The Morgan fingerprint density at radius 3 is 2.80 bits per heavy atom. The Labute approximate surface area is 145 Å². The fourth-order valence-corrected chi connectivity index (χ4v) is 2.68. The molecule has 25 heavy (non-hydrogen) atoms. The summed E-state index contributed by atoms with van der Waals surface area (Å²) in [7, 11) is 0. The van der Waals surface area contributed by atoms with Crippen molar-refractivity contribution in [3.05, 3.63) is 23.9 Å². The Morgan fingerprint density at radius 1 is 1.44 bits per heavy atom. The molecule has 1 aliphatic heterocycles. The van der Waals surface area contributed by atoms with E-state index in [0.29, 0.717) is 6.04 Å². The van der Waals surface area contributed by atoms with Gasteiger partial charge in [-0.25, -0.2) is 4.98 Å². The van der Waals surface area contributed by atoms with Crippen LogP contribution in [0.2, 0.25) is 0 Å². The van der Waals surface area contributed by atoms with Gasteiger partial charge in [0, 0.05) is 18.3 Å². The normalized spacial score (nSPS) is 21.7. The molecule has 0 aliphatic carbocycles. The van der Waals surface area contributed by atoms with Crippen molar-refractivity contribution in [3.63, 3.8) is 0 Å². The zero-order valence-corrected chi connectivity index (χ0v) is 14.6. The van der Waals surface area contributed by atoms with Gasteiger partial charge in [-0.3, -0.25) is 4.79 Å². The molecule has 8 heteroatoms. The fourth-order valence-electron chi connectivity index (χ4n) is 2.68. The third kappa shape index (κ3) is 5.32. The lowest BCUT2D eigenvalue weighted by Crippen LogP contribution is -2.51. The lowest BCUT2D eigenvalue weighted by atomic mass is 9.91. The van der Waals surface area contributed by atoms with E-state index in [0.717, 1.165) is 25.5 Å². The second-order valence-corrected chi connectivity index (χ2v) is 7.08. The van der Waals surface area contributed by atoms with Crippen LogP contribution in [0.1, 0.15) is 39.2 Å². The minimum absolute atomic E-state index is 0.0589. The second kappa shape index (κ2) is 7.59. The summed E-state index contributed by atoms with van der Waals surface area (Å²) in [6.07, 6.45) is -1.68. The molecule has 1 aromatic heterocycles. The highest BCUT2D eigenvalue weighted by Crippen LogP contribution is 2.35. The van der Waals surface area contributed by atoms with Crippen LogP contribution in [-0.2, 0) is 11.0 Å². The Kier molecular flexibility index (Phi) is 5.92. The number of ether oxygens (including phenoxy) is 1. The summed E-state index contributed by atoms with van der Waals surface area (Å²) < 4.78 is 44.2. The number of amides is 1. The van der Waals surface area contributed by atoms with Gasteiger partial charge in [-0.1, -0.05) is 0 Å². The van der Waals surface area contributed by atoms with Crippen molar-refractivity contribution in [2.75, 3.05) is 13.2 Å². The number of piperidine rings is 1. The maximum atomic E-state index is 13.0. The number of alkyl halides is 3. The van der Waals surface area contributed by atoms with Crippen molar-refractivity contribution in [2.45, 2.75) is 51.9 Å². The number of hydrogen-bond donors (Lipinski definition) is 2. The highest BCUT2D eigenvalue weighted by molar-refractivity contribution is 5.82. The molecule has 0 saturated carbocycles. The van der Waals surface area contributed by atoms with Gasteiger partial charge >= 0.3 is 6.18 Å². The first-order chi connectivity index (χ1) is 11.6. The summed E-state index contributed by atoms with van der Waals surface area (Å²) in [4.78, 5) is 16.1. The van der Waals surface area contributed by atoms with Crippen LogP contribution in [0.15, 0.2) is 18.3 Å². The predicted octanol–water partition coefficient (Wildman–Crippen LogP) is 2.76. The van der Waals surface area contributed by atoms with Crippen LogP contribution in [0.3, 0.4) is 0 Å². The first-order valence-corrected chi connectivity index (χ1v) is 8.29. The molecule has 1 saturated heterocycles. The molecule has 2 heterocycles. The van der Waals surface area contributed by atoms with Crippen molar-refractivity contribution < 1.29 is 22.7 Å². The molecule has 0 unspecified atom stereocenters. The predicted molar refractivity (Wildman–Crippen MR) is 87.1 cm³/mol. The Hall–Kier alpha value is -1.83. The average molecular weight is 359 g/mol. The molecule has 1 fully saturated rings. The fraction of sp³-hybridized carbons (Fsp3) is 0.647. The van der Waals surface area contributed by atoms with Gasteiger partial charge in [0.1, 0.15) is 12.2 Å². The number of pyridine rings is 1. The van der Waals surface area contributed by atoms with E-state index in [1.54, 1.807) is 13.8 Å². The molecule has 0 bridgehead atoms. The number of carbonyl (C=O) groups is 1.